The highest BCUT2D eigenvalue weighted by molar-refractivity contribution is 7.99. The van der Waals surface area contributed by atoms with Crippen molar-refractivity contribution in [2.75, 3.05) is 29.9 Å². The number of fused-ring (bicyclic) bond motifs is 1. The molecule has 31 heavy (non-hydrogen) atoms. The maximum Gasteiger partial charge on any atom is 0.303 e. The number of rotatable bonds is 6. The smallest absolute Gasteiger partial charge is 0.303 e. The van der Waals surface area contributed by atoms with Gasteiger partial charge in [0, 0.05) is 42.3 Å². The van der Waals surface area contributed by atoms with Gasteiger partial charge in [0.25, 0.3) is 5.91 Å². The largest absolute Gasteiger partial charge is 0.481 e. The number of hydrogen-bond donors (Lipinski definition) is 2. The summed E-state index contributed by atoms with van der Waals surface area (Å²) in [4.78, 5) is 23.8. The molecule has 1 aliphatic carbocycles. The van der Waals surface area contributed by atoms with Crippen molar-refractivity contribution in [3.05, 3.63) is 64.7 Å². The van der Waals surface area contributed by atoms with Crippen LogP contribution in [0, 0.1) is 5.92 Å². The summed E-state index contributed by atoms with van der Waals surface area (Å²) < 4.78 is 0. The number of nitrogens with one attached hydrogen (secondary N) is 1. The van der Waals surface area contributed by atoms with Gasteiger partial charge in [-0.1, -0.05) is 18.2 Å². The molecule has 0 radical (unpaired) electrons. The van der Waals surface area contributed by atoms with E-state index in [-0.39, 0.29) is 18.2 Å². The van der Waals surface area contributed by atoms with Crippen molar-refractivity contribution >= 4 is 35.5 Å². The molecule has 1 aliphatic heterocycles. The van der Waals surface area contributed by atoms with Crippen LogP contribution in [-0.2, 0) is 17.6 Å². The van der Waals surface area contributed by atoms with Crippen molar-refractivity contribution in [1.29, 1.82) is 0 Å². The number of carbonyl (C=O) groups excluding carboxylic acids is 1. The second-order valence-corrected chi connectivity index (χ2v) is 9.30. The lowest BCUT2D eigenvalue weighted by atomic mass is 9.81. The average Bonchev–Trinajstić information content (AvgIpc) is 2.78. The summed E-state index contributed by atoms with van der Waals surface area (Å²) in [6.45, 7) is 1.96. The summed E-state index contributed by atoms with van der Waals surface area (Å²) in [7, 11) is 0. The van der Waals surface area contributed by atoms with Crippen LogP contribution in [0.4, 0.5) is 5.69 Å². The van der Waals surface area contributed by atoms with E-state index in [4.69, 9.17) is 5.11 Å². The van der Waals surface area contributed by atoms with Gasteiger partial charge < -0.3 is 10.4 Å². The molecule has 7 heteroatoms. The van der Waals surface area contributed by atoms with Crippen LogP contribution in [0.25, 0.3) is 0 Å². The molecule has 6 nitrogen and oxygen atoms in total. The van der Waals surface area contributed by atoms with Gasteiger partial charge in [0.05, 0.1) is 6.21 Å². The summed E-state index contributed by atoms with van der Waals surface area (Å²) in [5, 5.41) is 18.6. The summed E-state index contributed by atoms with van der Waals surface area (Å²) in [6, 6.07) is 13.4. The number of carboxylic acid groups (broad SMARTS) is 1. The molecule has 0 aromatic heterocycles. The summed E-state index contributed by atoms with van der Waals surface area (Å²) in [6.07, 6.45) is 4.51. The highest BCUT2D eigenvalue weighted by Crippen LogP contribution is 2.28. The zero-order valence-electron chi connectivity index (χ0n) is 17.4. The van der Waals surface area contributed by atoms with Crippen molar-refractivity contribution in [2.24, 2.45) is 11.0 Å². The monoisotopic (exact) mass is 437 g/mol. The first kappa shape index (κ1) is 21.4. The van der Waals surface area contributed by atoms with Crippen LogP contribution in [0.2, 0.25) is 0 Å². The molecule has 1 saturated heterocycles. The van der Waals surface area contributed by atoms with E-state index in [0.717, 1.165) is 54.3 Å². The van der Waals surface area contributed by atoms with Crippen LogP contribution in [-0.4, -0.2) is 52.8 Å². The quantitative estimate of drug-likeness (QED) is 0.670. The molecule has 2 N–H and O–H groups in total. The van der Waals surface area contributed by atoms with Gasteiger partial charge in [-0.05, 0) is 66.1 Å². The number of carboxylic acids is 1. The standard InChI is InChI=1S/C24H27N3O3S/c28-23(29)14-18-1-4-19-5-6-20(15-21(19)13-18)24(30)26-22-7-2-17(3-8-22)16-25-27-9-11-31-12-10-27/h2-3,5-8,15-16,18H,1,4,9-14H2,(H,26,30)(H,28,29). The number of nitrogens with zero attached hydrogens (tertiary/aromatic N) is 2. The summed E-state index contributed by atoms with van der Waals surface area (Å²) in [5.41, 5.74) is 4.64. The molecular weight excluding hydrogens is 410 g/mol. The maximum absolute atomic E-state index is 12.7. The highest BCUT2D eigenvalue weighted by atomic mass is 32.2. The lowest BCUT2D eigenvalue weighted by Crippen LogP contribution is -2.27. The fourth-order valence-electron chi connectivity index (χ4n) is 4.07. The minimum atomic E-state index is -0.759. The van der Waals surface area contributed by atoms with E-state index in [0.29, 0.717) is 12.0 Å². The second-order valence-electron chi connectivity index (χ2n) is 8.08. The maximum atomic E-state index is 12.7. The van der Waals surface area contributed by atoms with Gasteiger partial charge in [-0.2, -0.15) is 16.9 Å². The number of aliphatic carboxylic acids is 1. The van der Waals surface area contributed by atoms with Crippen molar-refractivity contribution in [2.45, 2.75) is 25.7 Å². The molecule has 1 atom stereocenters. The van der Waals surface area contributed by atoms with E-state index in [1.165, 1.54) is 5.56 Å². The number of anilines is 1. The molecule has 2 aromatic carbocycles. The molecule has 2 aliphatic rings. The molecule has 0 spiro atoms. The average molecular weight is 438 g/mol. The van der Waals surface area contributed by atoms with E-state index >= 15 is 0 Å². The second kappa shape index (κ2) is 10.0. The van der Waals surface area contributed by atoms with E-state index in [9.17, 15) is 9.59 Å². The van der Waals surface area contributed by atoms with Gasteiger partial charge in [0.1, 0.15) is 0 Å². The topological polar surface area (TPSA) is 82.0 Å². The normalized spacial score (nSPS) is 18.6. The number of carbonyl (C=O) groups is 2. The molecule has 4 rings (SSSR count). The molecule has 1 heterocycles. The Hall–Kier alpha value is -2.80. The van der Waals surface area contributed by atoms with E-state index in [1.807, 2.05) is 60.4 Å². The van der Waals surface area contributed by atoms with Crippen molar-refractivity contribution in [1.82, 2.24) is 5.01 Å². The molecular formula is C24H27N3O3S. The Labute approximate surface area is 186 Å². The Balaban J connectivity index is 1.37. The van der Waals surface area contributed by atoms with E-state index in [1.54, 1.807) is 0 Å². The third-order valence-electron chi connectivity index (χ3n) is 5.79. The van der Waals surface area contributed by atoms with Crippen LogP contribution in [0.15, 0.2) is 47.6 Å². The summed E-state index contributed by atoms with van der Waals surface area (Å²) in [5.74, 6) is 1.46. The third-order valence-corrected chi connectivity index (χ3v) is 6.73. The number of hydrogen-bond acceptors (Lipinski definition) is 5. The number of aryl methyl sites for hydroxylation is 1. The number of benzene rings is 2. The van der Waals surface area contributed by atoms with Gasteiger partial charge >= 0.3 is 5.97 Å². The predicted molar refractivity (Wildman–Crippen MR) is 125 cm³/mol. The zero-order valence-corrected chi connectivity index (χ0v) is 18.2. The zero-order chi connectivity index (χ0) is 21.6. The number of amides is 1. The Morgan fingerprint density at radius 2 is 1.90 bits per heavy atom. The number of thioether (sulfide) groups is 1. The Morgan fingerprint density at radius 1 is 1.13 bits per heavy atom. The molecule has 2 aromatic rings. The Morgan fingerprint density at radius 3 is 2.65 bits per heavy atom. The van der Waals surface area contributed by atoms with Crippen LogP contribution in [0.1, 0.15) is 39.9 Å². The Bertz CT molecular complexity index is 969. The van der Waals surface area contributed by atoms with Crippen molar-refractivity contribution in [3.63, 3.8) is 0 Å². The fourth-order valence-corrected chi connectivity index (χ4v) is 4.95. The van der Waals surface area contributed by atoms with Gasteiger partial charge in [0.2, 0.25) is 0 Å². The molecule has 0 bridgehead atoms. The first-order valence-corrected chi connectivity index (χ1v) is 11.8. The lowest BCUT2D eigenvalue weighted by molar-refractivity contribution is -0.138. The van der Waals surface area contributed by atoms with E-state index in [2.05, 4.69) is 15.4 Å². The molecule has 0 saturated carbocycles. The highest BCUT2D eigenvalue weighted by Gasteiger charge is 2.22. The van der Waals surface area contributed by atoms with Gasteiger partial charge in [-0.3, -0.25) is 14.6 Å². The first-order chi connectivity index (χ1) is 15.1. The minimum Gasteiger partial charge on any atom is -0.481 e. The van der Waals surface area contributed by atoms with E-state index < -0.39 is 5.97 Å². The minimum absolute atomic E-state index is 0.140. The fraction of sp³-hybridized carbons (Fsp3) is 0.375. The van der Waals surface area contributed by atoms with Crippen molar-refractivity contribution in [3.8, 4) is 0 Å². The lowest BCUT2D eigenvalue weighted by Gasteiger charge is -2.23. The molecule has 162 valence electrons. The van der Waals surface area contributed by atoms with Gasteiger partial charge in [0.15, 0.2) is 0 Å². The number of hydrazone groups is 1. The van der Waals surface area contributed by atoms with Crippen LogP contribution >= 0.6 is 11.8 Å². The summed E-state index contributed by atoms with van der Waals surface area (Å²) >= 11 is 1.96. The van der Waals surface area contributed by atoms with Crippen LogP contribution in [0.5, 0.6) is 0 Å². The Kier molecular flexibility index (Phi) is 6.92. The van der Waals surface area contributed by atoms with Gasteiger partial charge in [-0.25, -0.2) is 0 Å². The van der Waals surface area contributed by atoms with Gasteiger partial charge in [-0.15, -0.1) is 0 Å². The third kappa shape index (κ3) is 5.88. The molecule has 1 amide bonds. The molecule has 1 fully saturated rings. The first-order valence-electron chi connectivity index (χ1n) is 10.7. The van der Waals surface area contributed by atoms with Crippen LogP contribution < -0.4 is 5.32 Å². The van der Waals surface area contributed by atoms with Crippen LogP contribution in [0.3, 0.4) is 0 Å². The predicted octanol–water partition coefficient (Wildman–Crippen LogP) is 3.90. The van der Waals surface area contributed by atoms with Crippen molar-refractivity contribution < 1.29 is 14.7 Å². The SMILES string of the molecule is O=C(O)CC1CCc2ccc(C(=O)Nc3ccc(C=NN4CCSCC4)cc3)cc2C1. The molecule has 1 unspecified atom stereocenters.